The highest BCUT2D eigenvalue weighted by Gasteiger charge is 2.31. The molecule has 2 aromatic heterocycles. The van der Waals surface area contributed by atoms with Gasteiger partial charge in [0.25, 0.3) is 5.56 Å². The standard InChI is InChI=1S/C13H23N7O4/c1-18-6-17-10-8(18)11(22)20(12(23)19(10)2)5-3-4-7(14)9(21)13(15,16)24/h6-7,9,21,24H,3-5,14-16H2,1-2H3. The van der Waals surface area contributed by atoms with Crippen LogP contribution in [0.3, 0.4) is 0 Å². The van der Waals surface area contributed by atoms with E-state index in [1.54, 1.807) is 11.6 Å². The number of rotatable bonds is 6. The van der Waals surface area contributed by atoms with Crippen molar-refractivity contribution >= 4 is 11.2 Å². The lowest BCUT2D eigenvalue weighted by atomic mass is 10.0. The van der Waals surface area contributed by atoms with Gasteiger partial charge in [0.2, 0.25) is 0 Å². The number of hydrogen-bond acceptors (Lipinski definition) is 8. The van der Waals surface area contributed by atoms with E-state index in [-0.39, 0.29) is 13.0 Å². The minimum Gasteiger partial charge on any atom is -0.386 e. The number of aliphatic hydroxyl groups excluding tert-OH is 1. The van der Waals surface area contributed by atoms with Gasteiger partial charge in [0.1, 0.15) is 6.10 Å². The Labute approximate surface area is 136 Å². The summed E-state index contributed by atoms with van der Waals surface area (Å²) in [5, 5.41) is 19.0. The third kappa shape index (κ3) is 3.25. The van der Waals surface area contributed by atoms with Crippen molar-refractivity contribution in [2.45, 2.75) is 37.4 Å². The van der Waals surface area contributed by atoms with Crippen LogP contribution in [0.25, 0.3) is 11.2 Å². The molecule has 11 heteroatoms. The molecule has 2 unspecified atom stereocenters. The zero-order valence-electron chi connectivity index (χ0n) is 13.6. The van der Waals surface area contributed by atoms with E-state index in [0.29, 0.717) is 17.6 Å². The van der Waals surface area contributed by atoms with E-state index in [1.165, 1.54) is 17.9 Å². The van der Waals surface area contributed by atoms with Crippen molar-refractivity contribution in [3.63, 3.8) is 0 Å². The molecule has 0 aromatic carbocycles. The Morgan fingerprint density at radius 2 is 1.96 bits per heavy atom. The summed E-state index contributed by atoms with van der Waals surface area (Å²) in [6.45, 7) is 0.0978. The highest BCUT2D eigenvalue weighted by atomic mass is 16.4. The molecule has 0 aliphatic heterocycles. The van der Waals surface area contributed by atoms with Crippen LogP contribution in [0.1, 0.15) is 12.8 Å². The molecule has 0 amide bonds. The van der Waals surface area contributed by atoms with Gasteiger partial charge in [-0.1, -0.05) is 0 Å². The van der Waals surface area contributed by atoms with Crippen LogP contribution in [0.15, 0.2) is 15.9 Å². The lowest BCUT2D eigenvalue weighted by Gasteiger charge is -2.28. The maximum absolute atomic E-state index is 12.5. The number of aliphatic hydroxyl groups is 2. The lowest BCUT2D eigenvalue weighted by Crippen LogP contribution is -2.64. The monoisotopic (exact) mass is 341 g/mol. The molecule has 2 rings (SSSR count). The maximum Gasteiger partial charge on any atom is 0.332 e. The topological polar surface area (TPSA) is 180 Å². The van der Waals surface area contributed by atoms with E-state index in [4.69, 9.17) is 17.2 Å². The van der Waals surface area contributed by atoms with Crippen LogP contribution in [0.5, 0.6) is 0 Å². The number of nitrogens with zero attached hydrogens (tertiary/aromatic N) is 4. The first-order chi connectivity index (χ1) is 11.1. The molecule has 2 aromatic rings. The summed E-state index contributed by atoms with van der Waals surface area (Å²) in [6, 6.07) is -0.898. The average Bonchev–Trinajstić information content (AvgIpc) is 2.88. The first-order valence-corrected chi connectivity index (χ1v) is 7.40. The van der Waals surface area contributed by atoms with Gasteiger partial charge in [0, 0.05) is 26.7 Å². The normalized spacial score (nSPS) is 15.0. The van der Waals surface area contributed by atoms with Crippen LogP contribution in [0, 0.1) is 0 Å². The van der Waals surface area contributed by atoms with Crippen LogP contribution in [-0.2, 0) is 20.6 Å². The van der Waals surface area contributed by atoms with Gasteiger partial charge in [-0.3, -0.25) is 25.4 Å². The minimum atomic E-state index is -2.31. The number of imidazole rings is 1. The Bertz CT molecular complexity index is 845. The molecule has 0 fully saturated rings. The molecule has 0 saturated heterocycles. The van der Waals surface area contributed by atoms with Gasteiger partial charge < -0.3 is 20.5 Å². The summed E-state index contributed by atoms with van der Waals surface area (Å²) < 4.78 is 3.93. The van der Waals surface area contributed by atoms with Crippen LogP contribution in [0.2, 0.25) is 0 Å². The first kappa shape index (κ1) is 18.3. The van der Waals surface area contributed by atoms with E-state index >= 15 is 0 Å². The fourth-order valence-corrected chi connectivity index (χ4v) is 2.58. The average molecular weight is 341 g/mol. The van der Waals surface area contributed by atoms with E-state index in [9.17, 15) is 19.8 Å². The summed E-state index contributed by atoms with van der Waals surface area (Å²) in [5.41, 5.74) is 15.8. The van der Waals surface area contributed by atoms with Crippen LogP contribution >= 0.6 is 0 Å². The second kappa shape index (κ2) is 6.45. The molecule has 24 heavy (non-hydrogen) atoms. The summed E-state index contributed by atoms with van der Waals surface area (Å²) in [5.74, 6) is -2.31. The molecular formula is C13H23N7O4. The van der Waals surface area contributed by atoms with Crippen molar-refractivity contribution in [1.29, 1.82) is 0 Å². The van der Waals surface area contributed by atoms with Gasteiger partial charge in [0.05, 0.1) is 6.33 Å². The summed E-state index contributed by atoms with van der Waals surface area (Å²) in [7, 11) is 3.20. The largest absolute Gasteiger partial charge is 0.386 e. The SMILES string of the molecule is Cn1cnc2c1c(=O)n(CCCC(N)C(O)C(N)(N)O)c(=O)n2C. The quantitative estimate of drug-likeness (QED) is 0.335. The fourth-order valence-electron chi connectivity index (χ4n) is 2.58. The Hall–Kier alpha value is -2.05. The van der Waals surface area contributed by atoms with E-state index in [2.05, 4.69) is 4.98 Å². The molecule has 2 heterocycles. The fraction of sp³-hybridized carbons (Fsp3) is 0.615. The van der Waals surface area contributed by atoms with Crippen molar-refractivity contribution in [3.05, 3.63) is 27.2 Å². The number of aromatic nitrogens is 4. The lowest BCUT2D eigenvalue weighted by molar-refractivity contribution is -0.0782. The highest BCUT2D eigenvalue weighted by Crippen LogP contribution is 2.07. The van der Waals surface area contributed by atoms with Crippen LogP contribution < -0.4 is 28.5 Å². The first-order valence-electron chi connectivity index (χ1n) is 7.40. The Morgan fingerprint density at radius 1 is 1.33 bits per heavy atom. The molecule has 0 bridgehead atoms. The molecule has 0 spiro atoms. The zero-order chi connectivity index (χ0) is 18.2. The van der Waals surface area contributed by atoms with Gasteiger partial charge in [-0.25, -0.2) is 9.78 Å². The van der Waals surface area contributed by atoms with Gasteiger partial charge in [-0.15, -0.1) is 0 Å². The Kier molecular flexibility index (Phi) is 4.92. The van der Waals surface area contributed by atoms with E-state index in [1.807, 2.05) is 0 Å². The number of aryl methyl sites for hydroxylation is 2. The van der Waals surface area contributed by atoms with Crippen molar-refractivity contribution < 1.29 is 10.2 Å². The highest BCUT2D eigenvalue weighted by molar-refractivity contribution is 5.69. The molecule has 0 saturated carbocycles. The molecular weight excluding hydrogens is 318 g/mol. The predicted octanol–water partition coefficient (Wildman–Crippen LogP) is -3.53. The molecule has 0 aliphatic rings. The van der Waals surface area contributed by atoms with Crippen LogP contribution in [-0.4, -0.2) is 46.9 Å². The van der Waals surface area contributed by atoms with Crippen molar-refractivity contribution in [2.75, 3.05) is 0 Å². The van der Waals surface area contributed by atoms with Crippen molar-refractivity contribution in [3.8, 4) is 0 Å². The number of hydrogen-bond donors (Lipinski definition) is 5. The second-order valence-electron chi connectivity index (χ2n) is 5.96. The second-order valence-corrected chi connectivity index (χ2v) is 5.96. The minimum absolute atomic E-state index is 0.0978. The van der Waals surface area contributed by atoms with Gasteiger partial charge >= 0.3 is 5.69 Å². The zero-order valence-corrected chi connectivity index (χ0v) is 13.6. The molecule has 2 atom stereocenters. The predicted molar refractivity (Wildman–Crippen MR) is 86.8 cm³/mol. The molecule has 0 aliphatic carbocycles. The van der Waals surface area contributed by atoms with Crippen LogP contribution in [0.4, 0.5) is 0 Å². The Morgan fingerprint density at radius 3 is 2.54 bits per heavy atom. The Balaban J connectivity index is 2.21. The third-order valence-corrected chi connectivity index (χ3v) is 4.00. The summed E-state index contributed by atoms with van der Waals surface area (Å²) in [4.78, 5) is 28.8. The van der Waals surface area contributed by atoms with Gasteiger partial charge in [-0.2, -0.15) is 0 Å². The van der Waals surface area contributed by atoms with Gasteiger partial charge in [0.15, 0.2) is 17.0 Å². The molecule has 11 nitrogen and oxygen atoms in total. The van der Waals surface area contributed by atoms with E-state index < -0.39 is 29.2 Å². The van der Waals surface area contributed by atoms with Crippen molar-refractivity contribution in [2.24, 2.45) is 31.3 Å². The number of nitrogens with two attached hydrogens (primary N) is 3. The third-order valence-electron chi connectivity index (χ3n) is 4.00. The molecule has 8 N–H and O–H groups in total. The van der Waals surface area contributed by atoms with Gasteiger partial charge in [-0.05, 0) is 12.8 Å². The van der Waals surface area contributed by atoms with E-state index in [0.717, 1.165) is 4.57 Å². The van der Waals surface area contributed by atoms with Crippen molar-refractivity contribution in [1.82, 2.24) is 18.7 Å². The smallest absolute Gasteiger partial charge is 0.332 e. The molecule has 134 valence electrons. The summed E-state index contributed by atoms with van der Waals surface area (Å²) >= 11 is 0. The summed E-state index contributed by atoms with van der Waals surface area (Å²) in [6.07, 6.45) is 0.450. The maximum atomic E-state index is 12.5. The molecule has 0 radical (unpaired) electrons. The number of fused-ring (bicyclic) bond motifs is 1.